The van der Waals surface area contributed by atoms with E-state index in [-0.39, 0.29) is 17.1 Å². The van der Waals surface area contributed by atoms with E-state index in [1.165, 1.54) is 37.5 Å². The summed E-state index contributed by atoms with van der Waals surface area (Å²) in [7, 11) is 1.42. The molecular formula is C16H13FO3. The summed E-state index contributed by atoms with van der Waals surface area (Å²) < 4.78 is 18.2. The van der Waals surface area contributed by atoms with Crippen molar-refractivity contribution in [3.63, 3.8) is 0 Å². The number of ketones is 1. The first-order valence-corrected chi connectivity index (χ1v) is 5.95. The Labute approximate surface area is 115 Å². The quantitative estimate of drug-likeness (QED) is 0.685. The summed E-state index contributed by atoms with van der Waals surface area (Å²) in [6.45, 7) is 0. The fourth-order valence-electron chi connectivity index (χ4n) is 1.76. The van der Waals surface area contributed by atoms with Gasteiger partial charge in [-0.25, -0.2) is 4.39 Å². The highest BCUT2D eigenvalue weighted by Crippen LogP contribution is 2.21. The van der Waals surface area contributed by atoms with Crippen molar-refractivity contribution in [2.24, 2.45) is 0 Å². The number of benzene rings is 2. The largest absolute Gasteiger partial charge is 0.508 e. The van der Waals surface area contributed by atoms with E-state index in [2.05, 4.69) is 0 Å². The predicted octanol–water partition coefficient (Wildman–Crippen LogP) is 3.44. The summed E-state index contributed by atoms with van der Waals surface area (Å²) in [6.07, 6.45) is 2.86. The van der Waals surface area contributed by atoms with Crippen LogP contribution in [0.25, 0.3) is 6.08 Å². The lowest BCUT2D eigenvalue weighted by Crippen LogP contribution is -1.99. The molecule has 102 valence electrons. The normalized spacial score (nSPS) is 10.7. The number of phenolic OH excluding ortho intramolecular Hbond substituents is 1. The predicted molar refractivity (Wildman–Crippen MR) is 74.4 cm³/mol. The minimum absolute atomic E-state index is 0.114. The topological polar surface area (TPSA) is 46.5 Å². The molecule has 0 spiro atoms. The van der Waals surface area contributed by atoms with Crippen LogP contribution in [0, 0.1) is 5.82 Å². The number of hydrogen-bond donors (Lipinski definition) is 1. The Morgan fingerprint density at radius 2 is 2.05 bits per heavy atom. The van der Waals surface area contributed by atoms with Crippen LogP contribution in [0.1, 0.15) is 15.9 Å². The van der Waals surface area contributed by atoms with Crippen molar-refractivity contribution in [1.82, 2.24) is 0 Å². The van der Waals surface area contributed by atoms with Crippen LogP contribution in [-0.2, 0) is 0 Å². The Morgan fingerprint density at radius 3 is 2.75 bits per heavy atom. The number of aromatic hydroxyl groups is 1. The molecule has 0 aromatic heterocycles. The van der Waals surface area contributed by atoms with Crippen LogP contribution in [0.3, 0.4) is 0 Å². The zero-order valence-corrected chi connectivity index (χ0v) is 10.8. The van der Waals surface area contributed by atoms with Gasteiger partial charge in [0.1, 0.15) is 17.3 Å². The van der Waals surface area contributed by atoms with Crippen LogP contribution in [0.4, 0.5) is 4.39 Å². The summed E-state index contributed by atoms with van der Waals surface area (Å²) >= 11 is 0. The maximum absolute atomic E-state index is 13.2. The lowest BCUT2D eigenvalue weighted by atomic mass is 10.1. The minimum atomic E-state index is -0.500. The molecule has 0 fully saturated rings. The van der Waals surface area contributed by atoms with Crippen molar-refractivity contribution in [3.8, 4) is 11.5 Å². The van der Waals surface area contributed by atoms with E-state index in [1.54, 1.807) is 18.2 Å². The van der Waals surface area contributed by atoms with Gasteiger partial charge in [0.15, 0.2) is 5.78 Å². The highest BCUT2D eigenvalue weighted by Gasteiger charge is 2.10. The number of ether oxygens (including phenoxy) is 1. The van der Waals surface area contributed by atoms with E-state index in [4.69, 9.17) is 4.74 Å². The molecule has 0 aliphatic rings. The lowest BCUT2D eigenvalue weighted by Gasteiger charge is -2.05. The molecule has 3 nitrogen and oxygen atoms in total. The molecule has 1 N–H and O–H groups in total. The van der Waals surface area contributed by atoms with Crippen molar-refractivity contribution in [2.45, 2.75) is 0 Å². The average Bonchev–Trinajstić information content (AvgIpc) is 2.45. The van der Waals surface area contributed by atoms with Gasteiger partial charge in [-0.2, -0.15) is 0 Å². The lowest BCUT2D eigenvalue weighted by molar-refractivity contribution is 0.104. The third-order valence-corrected chi connectivity index (χ3v) is 2.72. The molecule has 2 aromatic rings. The Morgan fingerprint density at radius 1 is 1.25 bits per heavy atom. The van der Waals surface area contributed by atoms with E-state index in [9.17, 15) is 14.3 Å². The highest BCUT2D eigenvalue weighted by atomic mass is 19.1. The molecule has 0 aliphatic carbocycles. The molecule has 0 saturated carbocycles. The molecule has 20 heavy (non-hydrogen) atoms. The SMILES string of the molecule is COc1ccc(F)cc1C(=O)C=Cc1cccc(O)c1. The summed E-state index contributed by atoms with van der Waals surface area (Å²) in [6, 6.07) is 10.2. The number of allylic oxidation sites excluding steroid dienone is 1. The van der Waals surface area contributed by atoms with Gasteiger partial charge in [0.05, 0.1) is 12.7 Å². The van der Waals surface area contributed by atoms with Gasteiger partial charge in [-0.15, -0.1) is 0 Å². The van der Waals surface area contributed by atoms with E-state index < -0.39 is 5.82 Å². The van der Waals surface area contributed by atoms with Crippen molar-refractivity contribution in [3.05, 3.63) is 65.5 Å². The van der Waals surface area contributed by atoms with Gasteiger partial charge in [-0.3, -0.25) is 4.79 Å². The highest BCUT2D eigenvalue weighted by molar-refractivity contribution is 6.08. The number of rotatable bonds is 4. The maximum atomic E-state index is 13.2. The van der Waals surface area contributed by atoms with Crippen LogP contribution in [-0.4, -0.2) is 18.0 Å². The molecular weight excluding hydrogens is 259 g/mol. The molecule has 0 unspecified atom stereocenters. The van der Waals surface area contributed by atoms with Crippen molar-refractivity contribution >= 4 is 11.9 Å². The van der Waals surface area contributed by atoms with E-state index in [0.717, 1.165) is 6.07 Å². The van der Waals surface area contributed by atoms with Gasteiger partial charge in [-0.05, 0) is 42.0 Å². The number of phenols is 1. The Kier molecular flexibility index (Phi) is 4.15. The number of hydrogen-bond acceptors (Lipinski definition) is 3. The zero-order chi connectivity index (χ0) is 14.5. The Hall–Kier alpha value is -2.62. The first-order chi connectivity index (χ1) is 9.60. The van der Waals surface area contributed by atoms with Crippen LogP contribution in [0.2, 0.25) is 0 Å². The molecule has 0 bridgehead atoms. The van der Waals surface area contributed by atoms with Crippen LogP contribution in [0.5, 0.6) is 11.5 Å². The molecule has 2 rings (SSSR count). The second kappa shape index (κ2) is 6.02. The van der Waals surface area contributed by atoms with E-state index >= 15 is 0 Å². The Bertz CT molecular complexity index is 663. The van der Waals surface area contributed by atoms with E-state index in [0.29, 0.717) is 11.3 Å². The fourth-order valence-corrected chi connectivity index (χ4v) is 1.76. The summed E-state index contributed by atoms with van der Waals surface area (Å²) in [5, 5.41) is 9.33. The standard InChI is InChI=1S/C16H13FO3/c1-20-16-8-6-12(17)10-14(16)15(19)7-5-11-3-2-4-13(18)9-11/h2-10,18H,1H3. The second-order valence-corrected chi connectivity index (χ2v) is 4.14. The fraction of sp³-hybridized carbons (Fsp3) is 0.0625. The van der Waals surface area contributed by atoms with Gasteiger partial charge < -0.3 is 9.84 Å². The van der Waals surface area contributed by atoms with E-state index in [1.807, 2.05) is 0 Å². The first-order valence-electron chi connectivity index (χ1n) is 5.95. The molecule has 0 amide bonds. The summed E-state index contributed by atoms with van der Waals surface area (Å²) in [5.41, 5.74) is 0.831. The van der Waals surface area contributed by atoms with Crippen LogP contribution < -0.4 is 4.74 Å². The average molecular weight is 272 g/mol. The van der Waals surface area contributed by atoms with Crippen LogP contribution >= 0.6 is 0 Å². The first kappa shape index (κ1) is 13.8. The molecule has 0 saturated heterocycles. The monoisotopic (exact) mass is 272 g/mol. The van der Waals surface area contributed by atoms with Gasteiger partial charge in [-0.1, -0.05) is 18.2 Å². The zero-order valence-electron chi connectivity index (χ0n) is 10.8. The molecule has 4 heteroatoms. The molecule has 0 atom stereocenters. The summed E-state index contributed by atoms with van der Waals surface area (Å²) in [5.74, 6) is -0.440. The molecule has 0 radical (unpaired) electrons. The number of methoxy groups -OCH3 is 1. The number of halogens is 1. The third-order valence-electron chi connectivity index (χ3n) is 2.72. The van der Waals surface area contributed by atoms with Gasteiger partial charge in [0, 0.05) is 0 Å². The van der Waals surface area contributed by atoms with Crippen molar-refractivity contribution in [2.75, 3.05) is 7.11 Å². The third kappa shape index (κ3) is 3.23. The molecule has 0 aliphatic heterocycles. The van der Waals surface area contributed by atoms with Gasteiger partial charge in [0.2, 0.25) is 0 Å². The molecule has 0 heterocycles. The summed E-state index contributed by atoms with van der Waals surface area (Å²) in [4.78, 5) is 12.0. The van der Waals surface area contributed by atoms with Crippen molar-refractivity contribution in [1.29, 1.82) is 0 Å². The smallest absolute Gasteiger partial charge is 0.189 e. The second-order valence-electron chi connectivity index (χ2n) is 4.14. The van der Waals surface area contributed by atoms with Crippen LogP contribution in [0.15, 0.2) is 48.5 Å². The maximum Gasteiger partial charge on any atom is 0.189 e. The minimum Gasteiger partial charge on any atom is -0.508 e. The number of carbonyl (C=O) groups is 1. The molecule has 2 aromatic carbocycles. The van der Waals surface area contributed by atoms with Crippen molar-refractivity contribution < 1.29 is 19.0 Å². The van der Waals surface area contributed by atoms with Gasteiger partial charge >= 0.3 is 0 Å². The van der Waals surface area contributed by atoms with Gasteiger partial charge in [0.25, 0.3) is 0 Å². The number of carbonyl (C=O) groups excluding carboxylic acids is 1. The Balaban J connectivity index is 2.26.